The summed E-state index contributed by atoms with van der Waals surface area (Å²) in [6, 6.07) is 12.7. The highest BCUT2D eigenvalue weighted by Crippen LogP contribution is 2.37. The minimum absolute atomic E-state index is 0.0573. The van der Waals surface area contributed by atoms with Crippen molar-refractivity contribution >= 4 is 34.7 Å². The molecular formula is C26H29ClN2O3. The highest BCUT2D eigenvalue weighted by Gasteiger charge is 2.43. The van der Waals surface area contributed by atoms with Gasteiger partial charge in [-0.25, -0.2) is 4.90 Å². The zero-order valence-electron chi connectivity index (χ0n) is 19.0. The summed E-state index contributed by atoms with van der Waals surface area (Å²) in [6.45, 7) is 9.54. The van der Waals surface area contributed by atoms with Crippen molar-refractivity contribution in [1.29, 1.82) is 0 Å². The van der Waals surface area contributed by atoms with Crippen LogP contribution in [0.15, 0.2) is 48.2 Å². The molecule has 0 spiro atoms. The number of anilines is 1. The van der Waals surface area contributed by atoms with Crippen molar-refractivity contribution in [3.63, 3.8) is 0 Å². The minimum Gasteiger partial charge on any atom is -0.491 e. The van der Waals surface area contributed by atoms with Gasteiger partial charge in [0.05, 0.1) is 17.4 Å². The van der Waals surface area contributed by atoms with Gasteiger partial charge in [-0.15, -0.1) is 0 Å². The second-order valence-corrected chi connectivity index (χ2v) is 9.39. The summed E-state index contributed by atoms with van der Waals surface area (Å²) in [5.41, 5.74) is 3.03. The van der Waals surface area contributed by atoms with E-state index in [0.29, 0.717) is 33.5 Å². The Kier molecular flexibility index (Phi) is 6.29. The van der Waals surface area contributed by atoms with Gasteiger partial charge in [0.2, 0.25) is 0 Å². The van der Waals surface area contributed by atoms with E-state index in [1.165, 1.54) is 4.90 Å². The van der Waals surface area contributed by atoms with Crippen molar-refractivity contribution < 1.29 is 14.3 Å². The first-order chi connectivity index (χ1) is 15.3. The van der Waals surface area contributed by atoms with Crippen molar-refractivity contribution in [3.8, 4) is 5.75 Å². The molecule has 0 bridgehead atoms. The Morgan fingerprint density at radius 2 is 1.78 bits per heavy atom. The average Bonchev–Trinajstić information content (AvgIpc) is 3.00. The van der Waals surface area contributed by atoms with Gasteiger partial charge < -0.3 is 9.64 Å². The maximum Gasteiger partial charge on any atom is 0.282 e. The molecule has 6 heteroatoms. The predicted molar refractivity (Wildman–Crippen MR) is 128 cm³/mol. The number of likely N-dealkylation sites (tertiary alicyclic amines) is 1. The number of carbonyl (C=O) groups excluding carboxylic acids is 2. The van der Waals surface area contributed by atoms with Crippen molar-refractivity contribution in [1.82, 2.24) is 4.90 Å². The summed E-state index contributed by atoms with van der Waals surface area (Å²) in [4.78, 5) is 30.6. The second kappa shape index (κ2) is 8.99. The summed E-state index contributed by atoms with van der Waals surface area (Å²) in [7, 11) is 0. The van der Waals surface area contributed by atoms with Crippen LogP contribution in [-0.2, 0) is 9.59 Å². The fourth-order valence-corrected chi connectivity index (χ4v) is 4.57. The molecule has 2 amide bonds. The standard InChI is InChI=1S/C26H29ClN2O3/c1-16(2)32-21-11-8-19(9-12-21)23-24(28-13-5-6-17(3)15-28)26(31)29(25(23)30)20-10-7-18(4)22(27)14-20/h7-12,14,16-17H,5-6,13,15H2,1-4H3. The smallest absolute Gasteiger partial charge is 0.282 e. The molecule has 5 nitrogen and oxygen atoms in total. The summed E-state index contributed by atoms with van der Waals surface area (Å²) in [5.74, 6) is 0.587. The minimum atomic E-state index is -0.319. The SMILES string of the molecule is Cc1ccc(N2C(=O)C(c3ccc(OC(C)C)cc3)=C(N3CCCC(C)C3)C2=O)cc1Cl. The van der Waals surface area contributed by atoms with E-state index < -0.39 is 0 Å². The lowest BCUT2D eigenvalue weighted by Gasteiger charge is -2.33. The molecule has 0 aliphatic carbocycles. The molecule has 1 unspecified atom stereocenters. The van der Waals surface area contributed by atoms with Crippen molar-refractivity contribution in [3.05, 3.63) is 64.3 Å². The Morgan fingerprint density at radius 3 is 2.41 bits per heavy atom. The van der Waals surface area contributed by atoms with Crippen LogP contribution < -0.4 is 9.64 Å². The molecular weight excluding hydrogens is 424 g/mol. The summed E-state index contributed by atoms with van der Waals surface area (Å²) < 4.78 is 5.75. The fourth-order valence-electron chi connectivity index (χ4n) is 4.39. The van der Waals surface area contributed by atoms with Crippen molar-refractivity contribution in [2.45, 2.75) is 46.6 Å². The van der Waals surface area contributed by atoms with Crippen LogP contribution in [-0.4, -0.2) is 35.9 Å². The van der Waals surface area contributed by atoms with Crippen LogP contribution in [0.5, 0.6) is 5.75 Å². The Hall–Kier alpha value is -2.79. The molecule has 0 saturated carbocycles. The predicted octanol–water partition coefficient (Wildman–Crippen LogP) is 5.45. The number of benzene rings is 2. The largest absolute Gasteiger partial charge is 0.491 e. The first-order valence-electron chi connectivity index (χ1n) is 11.2. The fraction of sp³-hybridized carbons (Fsp3) is 0.385. The number of piperidine rings is 1. The van der Waals surface area contributed by atoms with E-state index in [1.807, 2.05) is 51.1 Å². The molecule has 32 heavy (non-hydrogen) atoms. The van der Waals surface area contributed by atoms with Crippen LogP contribution in [0.4, 0.5) is 5.69 Å². The summed E-state index contributed by atoms with van der Waals surface area (Å²) in [5, 5.41) is 0.528. The lowest BCUT2D eigenvalue weighted by Crippen LogP contribution is -2.39. The molecule has 0 radical (unpaired) electrons. The summed E-state index contributed by atoms with van der Waals surface area (Å²) >= 11 is 6.32. The van der Waals surface area contributed by atoms with E-state index in [-0.39, 0.29) is 17.9 Å². The van der Waals surface area contributed by atoms with Crippen molar-refractivity contribution in [2.24, 2.45) is 5.92 Å². The maximum atomic E-state index is 13.7. The van der Waals surface area contributed by atoms with Gasteiger partial charge in [-0.1, -0.05) is 36.7 Å². The second-order valence-electron chi connectivity index (χ2n) is 8.99. The van der Waals surface area contributed by atoms with Gasteiger partial charge in [0.25, 0.3) is 11.8 Å². The van der Waals surface area contributed by atoms with Gasteiger partial charge in [-0.05, 0) is 74.9 Å². The molecule has 2 aliphatic heterocycles. The third-order valence-corrected chi connectivity index (χ3v) is 6.37. The van der Waals surface area contributed by atoms with Gasteiger partial charge in [0.1, 0.15) is 11.4 Å². The van der Waals surface area contributed by atoms with Crippen LogP contribution in [0.25, 0.3) is 5.57 Å². The van der Waals surface area contributed by atoms with E-state index in [4.69, 9.17) is 16.3 Å². The molecule has 168 valence electrons. The van der Waals surface area contributed by atoms with Crippen molar-refractivity contribution in [2.75, 3.05) is 18.0 Å². The van der Waals surface area contributed by atoms with E-state index in [2.05, 4.69) is 11.8 Å². The van der Waals surface area contributed by atoms with Gasteiger partial charge in [-0.2, -0.15) is 0 Å². The Labute approximate surface area is 194 Å². The number of halogens is 1. The first-order valence-corrected chi connectivity index (χ1v) is 11.5. The van der Waals surface area contributed by atoms with Crippen LogP contribution in [0.1, 0.15) is 44.7 Å². The third kappa shape index (κ3) is 4.26. The Morgan fingerprint density at radius 1 is 1.06 bits per heavy atom. The molecule has 4 rings (SSSR count). The van der Waals surface area contributed by atoms with Gasteiger partial charge in [0.15, 0.2) is 0 Å². The van der Waals surface area contributed by atoms with Crippen LogP contribution in [0.3, 0.4) is 0 Å². The number of hydrogen-bond donors (Lipinski definition) is 0. The number of aryl methyl sites for hydroxylation is 1. The van der Waals surface area contributed by atoms with E-state index in [9.17, 15) is 9.59 Å². The first kappa shape index (κ1) is 22.4. The molecule has 2 aromatic carbocycles. The lowest BCUT2D eigenvalue weighted by molar-refractivity contribution is -0.120. The van der Waals surface area contributed by atoms with E-state index in [1.54, 1.807) is 12.1 Å². The molecule has 1 saturated heterocycles. The van der Waals surface area contributed by atoms with Gasteiger partial charge in [-0.3, -0.25) is 9.59 Å². The molecule has 2 aliphatic rings. The topological polar surface area (TPSA) is 49.9 Å². The maximum absolute atomic E-state index is 13.7. The average molecular weight is 453 g/mol. The number of rotatable bonds is 5. The van der Waals surface area contributed by atoms with E-state index in [0.717, 1.165) is 37.2 Å². The van der Waals surface area contributed by atoms with Crippen LogP contribution in [0, 0.1) is 12.8 Å². The number of imide groups is 1. The molecule has 0 aromatic heterocycles. The third-order valence-electron chi connectivity index (χ3n) is 5.96. The zero-order valence-corrected chi connectivity index (χ0v) is 19.8. The number of hydrogen-bond acceptors (Lipinski definition) is 4. The molecule has 1 atom stereocenters. The molecule has 2 heterocycles. The highest BCUT2D eigenvalue weighted by atomic mass is 35.5. The Balaban J connectivity index is 1.78. The van der Waals surface area contributed by atoms with Crippen LogP contribution >= 0.6 is 11.6 Å². The summed E-state index contributed by atoms with van der Waals surface area (Å²) in [6.07, 6.45) is 2.18. The zero-order chi connectivity index (χ0) is 23.0. The quantitative estimate of drug-likeness (QED) is 0.566. The lowest BCUT2D eigenvalue weighted by atomic mass is 9.97. The number of amides is 2. The highest BCUT2D eigenvalue weighted by molar-refractivity contribution is 6.45. The van der Waals surface area contributed by atoms with E-state index >= 15 is 0 Å². The monoisotopic (exact) mass is 452 g/mol. The number of carbonyl (C=O) groups is 2. The number of nitrogens with zero attached hydrogens (tertiary/aromatic N) is 2. The van der Waals surface area contributed by atoms with Crippen LogP contribution in [0.2, 0.25) is 5.02 Å². The number of ether oxygens (including phenoxy) is 1. The van der Waals surface area contributed by atoms with Gasteiger partial charge in [0, 0.05) is 18.1 Å². The molecule has 2 aromatic rings. The Bertz CT molecular complexity index is 1070. The molecule has 0 N–H and O–H groups in total. The normalized spacial score (nSPS) is 19.4. The van der Waals surface area contributed by atoms with Gasteiger partial charge >= 0.3 is 0 Å². The molecule has 1 fully saturated rings.